The smallest absolute Gasteiger partial charge is 0.410 e. The molecule has 1 spiro atoms. The van der Waals surface area contributed by atoms with Gasteiger partial charge in [-0.15, -0.1) is 0 Å². The van der Waals surface area contributed by atoms with Crippen LogP contribution in [0.5, 0.6) is 0 Å². The van der Waals surface area contributed by atoms with Gasteiger partial charge in [0.25, 0.3) is 10.2 Å². The number of hydrogen-bond acceptors (Lipinski definition) is 4. The third kappa shape index (κ3) is 3.07. The predicted octanol–water partition coefficient (Wildman–Crippen LogP) is 0.521. The van der Waals surface area contributed by atoms with Gasteiger partial charge in [-0.3, -0.25) is 0 Å². The molecular weight excluding hydrogens is 282 g/mol. The molecule has 0 aromatic rings. The molecule has 1 heterocycles. The third-order valence-electron chi connectivity index (χ3n) is 3.96. The number of ether oxygens (including phenoxy) is 1. The summed E-state index contributed by atoms with van der Waals surface area (Å²) in [4.78, 5) is 13.5. The molecule has 1 amide bonds. The van der Waals surface area contributed by atoms with Crippen molar-refractivity contribution < 1.29 is 17.9 Å². The SMILES string of the molecule is CN(C1CC2(C1)CN(C(=O)OC(C)(C)C)C2)S(N)(=O)=O. The fraction of sp³-hybridized carbons (Fsp3) is 0.917. The zero-order valence-corrected chi connectivity index (χ0v) is 13.2. The maximum Gasteiger partial charge on any atom is 0.410 e. The first-order valence-corrected chi connectivity index (χ1v) is 8.16. The first-order chi connectivity index (χ1) is 8.92. The summed E-state index contributed by atoms with van der Waals surface area (Å²) in [5.41, 5.74) is -0.434. The van der Waals surface area contributed by atoms with Crippen molar-refractivity contribution in [2.45, 2.75) is 45.3 Å². The van der Waals surface area contributed by atoms with Crippen LogP contribution in [-0.2, 0) is 14.9 Å². The molecule has 2 N–H and O–H groups in total. The van der Waals surface area contributed by atoms with E-state index >= 15 is 0 Å². The number of hydrogen-bond donors (Lipinski definition) is 1. The Morgan fingerprint density at radius 3 is 2.25 bits per heavy atom. The van der Waals surface area contributed by atoms with Crippen LogP contribution in [0.2, 0.25) is 0 Å². The molecule has 7 nitrogen and oxygen atoms in total. The van der Waals surface area contributed by atoms with E-state index in [2.05, 4.69) is 0 Å². The highest BCUT2D eigenvalue weighted by Gasteiger charge is 2.56. The van der Waals surface area contributed by atoms with Gasteiger partial charge >= 0.3 is 6.09 Å². The second kappa shape index (κ2) is 4.57. The Kier molecular flexibility index (Phi) is 3.55. The van der Waals surface area contributed by atoms with Crippen LogP contribution in [0.15, 0.2) is 0 Å². The Labute approximate surface area is 120 Å². The van der Waals surface area contributed by atoms with Gasteiger partial charge in [-0.25, -0.2) is 9.93 Å². The highest BCUT2D eigenvalue weighted by Crippen LogP contribution is 2.50. The molecule has 1 saturated heterocycles. The molecule has 0 bridgehead atoms. The fourth-order valence-electron chi connectivity index (χ4n) is 2.88. The number of carbonyl (C=O) groups excluding carboxylic acids is 1. The first-order valence-electron chi connectivity index (χ1n) is 6.66. The molecule has 1 saturated carbocycles. The van der Waals surface area contributed by atoms with Gasteiger partial charge in [-0.1, -0.05) is 0 Å². The Hall–Kier alpha value is -0.860. The van der Waals surface area contributed by atoms with Crippen LogP contribution in [0.1, 0.15) is 33.6 Å². The van der Waals surface area contributed by atoms with Crippen molar-refractivity contribution >= 4 is 16.3 Å². The van der Waals surface area contributed by atoms with Gasteiger partial charge in [0.2, 0.25) is 0 Å². The minimum atomic E-state index is -3.62. The Balaban J connectivity index is 1.80. The van der Waals surface area contributed by atoms with E-state index in [0.717, 1.165) is 12.8 Å². The molecule has 0 radical (unpaired) electrons. The van der Waals surface area contributed by atoms with Gasteiger partial charge in [0.05, 0.1) is 0 Å². The van der Waals surface area contributed by atoms with Crippen molar-refractivity contribution in [2.24, 2.45) is 10.6 Å². The molecule has 8 heteroatoms. The number of amides is 1. The lowest BCUT2D eigenvalue weighted by Crippen LogP contribution is -2.68. The molecular formula is C12H23N3O4S. The number of rotatable bonds is 2. The Morgan fingerprint density at radius 1 is 1.35 bits per heavy atom. The van der Waals surface area contributed by atoms with Crippen LogP contribution >= 0.6 is 0 Å². The monoisotopic (exact) mass is 305 g/mol. The number of nitrogens with zero attached hydrogens (tertiary/aromatic N) is 2. The highest BCUT2D eigenvalue weighted by molar-refractivity contribution is 7.86. The van der Waals surface area contributed by atoms with Gasteiger partial charge in [-0.05, 0) is 33.6 Å². The van der Waals surface area contributed by atoms with Crippen LogP contribution in [-0.4, -0.2) is 55.5 Å². The van der Waals surface area contributed by atoms with E-state index in [1.807, 2.05) is 20.8 Å². The van der Waals surface area contributed by atoms with Crippen LogP contribution < -0.4 is 5.14 Å². The third-order valence-corrected chi connectivity index (χ3v) is 5.06. The molecule has 116 valence electrons. The lowest BCUT2D eigenvalue weighted by molar-refractivity contribution is -0.0926. The second-order valence-corrected chi connectivity index (χ2v) is 8.57. The summed E-state index contributed by atoms with van der Waals surface area (Å²) in [5.74, 6) is 0. The van der Waals surface area contributed by atoms with Crippen LogP contribution in [0, 0.1) is 5.41 Å². The lowest BCUT2D eigenvalue weighted by atomic mass is 9.61. The van der Waals surface area contributed by atoms with Crippen LogP contribution in [0.4, 0.5) is 4.79 Å². The van der Waals surface area contributed by atoms with Crippen molar-refractivity contribution in [2.75, 3.05) is 20.1 Å². The highest BCUT2D eigenvalue weighted by atomic mass is 32.2. The average Bonchev–Trinajstić information content (AvgIpc) is 2.07. The first kappa shape index (κ1) is 15.5. The van der Waals surface area contributed by atoms with Crippen molar-refractivity contribution in [1.82, 2.24) is 9.21 Å². The van der Waals surface area contributed by atoms with E-state index in [1.54, 1.807) is 4.90 Å². The lowest BCUT2D eigenvalue weighted by Gasteiger charge is -2.59. The molecule has 1 aliphatic carbocycles. The zero-order chi connectivity index (χ0) is 15.3. The summed E-state index contributed by atoms with van der Waals surface area (Å²) in [5, 5.41) is 5.10. The summed E-state index contributed by atoms with van der Waals surface area (Å²) in [6.45, 7) is 6.77. The van der Waals surface area contributed by atoms with Crippen LogP contribution in [0.25, 0.3) is 0 Å². The van der Waals surface area contributed by atoms with Gasteiger partial charge in [0.1, 0.15) is 5.60 Å². The second-order valence-electron chi connectivity index (χ2n) is 6.96. The molecule has 2 fully saturated rings. The van der Waals surface area contributed by atoms with E-state index in [-0.39, 0.29) is 17.6 Å². The largest absolute Gasteiger partial charge is 0.444 e. The standard InChI is InChI=1S/C12H23N3O4S/c1-11(2,3)19-10(16)15-7-12(8-15)5-9(6-12)14(4)20(13,17)18/h9H,5-8H2,1-4H3,(H2,13,17,18). The quantitative estimate of drug-likeness (QED) is 0.805. The van der Waals surface area contributed by atoms with E-state index in [4.69, 9.17) is 9.88 Å². The minimum Gasteiger partial charge on any atom is -0.444 e. The van der Waals surface area contributed by atoms with Gasteiger partial charge < -0.3 is 9.64 Å². The molecule has 2 aliphatic rings. The van der Waals surface area contributed by atoms with Crippen molar-refractivity contribution in [3.05, 3.63) is 0 Å². The van der Waals surface area contributed by atoms with Crippen molar-refractivity contribution in [1.29, 1.82) is 0 Å². The Bertz CT molecular complexity index is 497. The zero-order valence-electron chi connectivity index (χ0n) is 12.4. The number of nitrogens with two attached hydrogens (primary N) is 1. The van der Waals surface area contributed by atoms with E-state index < -0.39 is 15.8 Å². The molecule has 0 unspecified atom stereocenters. The van der Waals surface area contributed by atoms with E-state index in [1.165, 1.54) is 11.4 Å². The molecule has 0 aromatic carbocycles. The molecule has 2 rings (SSSR count). The van der Waals surface area contributed by atoms with Gasteiger partial charge in [0.15, 0.2) is 0 Å². The summed E-state index contributed by atoms with van der Waals surface area (Å²) in [7, 11) is -2.13. The van der Waals surface area contributed by atoms with Gasteiger partial charge in [-0.2, -0.15) is 12.7 Å². The topological polar surface area (TPSA) is 92.9 Å². The molecule has 0 aromatic heterocycles. The Morgan fingerprint density at radius 2 is 1.85 bits per heavy atom. The van der Waals surface area contributed by atoms with E-state index in [9.17, 15) is 13.2 Å². The van der Waals surface area contributed by atoms with Crippen LogP contribution in [0.3, 0.4) is 0 Å². The number of likely N-dealkylation sites (tertiary alicyclic amines) is 1. The van der Waals surface area contributed by atoms with E-state index in [0.29, 0.717) is 13.1 Å². The molecule has 0 atom stereocenters. The number of carbonyl (C=O) groups is 1. The fourth-order valence-corrected chi connectivity index (χ4v) is 3.45. The summed E-state index contributed by atoms with van der Waals surface area (Å²) in [6, 6.07) is -0.0502. The minimum absolute atomic E-state index is 0.0502. The average molecular weight is 305 g/mol. The summed E-state index contributed by atoms with van der Waals surface area (Å²) >= 11 is 0. The molecule has 20 heavy (non-hydrogen) atoms. The molecule has 1 aliphatic heterocycles. The maximum atomic E-state index is 11.8. The predicted molar refractivity (Wildman–Crippen MR) is 74.1 cm³/mol. The van der Waals surface area contributed by atoms with Gasteiger partial charge in [0, 0.05) is 31.6 Å². The normalized spacial score (nSPS) is 22.6. The summed E-state index contributed by atoms with van der Waals surface area (Å²) in [6.07, 6.45) is 1.20. The maximum absolute atomic E-state index is 11.8. The summed E-state index contributed by atoms with van der Waals surface area (Å²) < 4.78 is 29.0. The van der Waals surface area contributed by atoms with Crippen molar-refractivity contribution in [3.63, 3.8) is 0 Å². The van der Waals surface area contributed by atoms with Crippen molar-refractivity contribution in [3.8, 4) is 0 Å².